The van der Waals surface area contributed by atoms with Crippen LogP contribution in [0.4, 0.5) is 10.1 Å². The quantitative estimate of drug-likeness (QED) is 0.264. The van der Waals surface area contributed by atoms with Gasteiger partial charge >= 0.3 is 0 Å². The van der Waals surface area contributed by atoms with Crippen molar-refractivity contribution in [3.63, 3.8) is 0 Å². The summed E-state index contributed by atoms with van der Waals surface area (Å²) >= 11 is 3.43. The van der Waals surface area contributed by atoms with Gasteiger partial charge < -0.3 is 15.0 Å². The van der Waals surface area contributed by atoms with Gasteiger partial charge in [0.05, 0.1) is 17.2 Å². The Hall–Kier alpha value is -3.44. The summed E-state index contributed by atoms with van der Waals surface area (Å²) in [6, 6.07) is 17.0. The molecular formula is C30H35BrFN3O5S. The Morgan fingerprint density at radius 3 is 2.24 bits per heavy atom. The van der Waals surface area contributed by atoms with Crippen LogP contribution in [0, 0.1) is 5.82 Å². The minimum absolute atomic E-state index is 0.0705. The summed E-state index contributed by atoms with van der Waals surface area (Å²) in [6.45, 7) is 7.16. The van der Waals surface area contributed by atoms with Gasteiger partial charge in [0, 0.05) is 17.1 Å². The number of hydrogen-bond donors (Lipinski definition) is 1. The van der Waals surface area contributed by atoms with Gasteiger partial charge in [-0.05, 0) is 93.4 Å². The number of rotatable bonds is 13. The Morgan fingerprint density at radius 2 is 1.66 bits per heavy atom. The monoisotopic (exact) mass is 647 g/mol. The second-order valence-electron chi connectivity index (χ2n) is 9.54. The first-order chi connectivity index (χ1) is 19.5. The molecule has 0 aliphatic heterocycles. The third kappa shape index (κ3) is 8.53. The van der Waals surface area contributed by atoms with Gasteiger partial charge in [0.25, 0.3) is 10.0 Å². The SMILES string of the molecule is CCOc1ccc(N(CC(=O)N(Cc2cccc(Br)c2)[C@@H](C)C(=O)N[C@@H](C)CC)S(=O)(=O)c2ccc(F)cc2)cc1. The summed E-state index contributed by atoms with van der Waals surface area (Å²) in [5, 5.41) is 2.90. The number of hydrogen-bond acceptors (Lipinski definition) is 5. The molecule has 1 N–H and O–H groups in total. The van der Waals surface area contributed by atoms with E-state index in [4.69, 9.17) is 4.74 Å². The van der Waals surface area contributed by atoms with Crippen LogP contribution in [0.5, 0.6) is 5.75 Å². The second-order valence-corrected chi connectivity index (χ2v) is 12.3. The molecule has 220 valence electrons. The van der Waals surface area contributed by atoms with E-state index in [0.29, 0.717) is 18.8 Å². The first-order valence-electron chi connectivity index (χ1n) is 13.3. The molecular weight excluding hydrogens is 613 g/mol. The van der Waals surface area contributed by atoms with Crippen LogP contribution < -0.4 is 14.4 Å². The van der Waals surface area contributed by atoms with Crippen molar-refractivity contribution in [3.8, 4) is 5.75 Å². The van der Waals surface area contributed by atoms with Crippen LogP contribution in [0.3, 0.4) is 0 Å². The predicted molar refractivity (Wildman–Crippen MR) is 161 cm³/mol. The molecule has 2 atom stereocenters. The van der Waals surface area contributed by atoms with Crippen LogP contribution >= 0.6 is 15.9 Å². The summed E-state index contributed by atoms with van der Waals surface area (Å²) < 4.78 is 48.5. The fraction of sp³-hybridized carbons (Fsp3) is 0.333. The van der Waals surface area contributed by atoms with Crippen LogP contribution in [0.2, 0.25) is 0 Å². The summed E-state index contributed by atoms with van der Waals surface area (Å²) in [6.07, 6.45) is 0.708. The molecule has 0 saturated heterocycles. The molecule has 0 aromatic heterocycles. The van der Waals surface area contributed by atoms with E-state index < -0.39 is 34.3 Å². The highest BCUT2D eigenvalue weighted by Crippen LogP contribution is 2.27. The van der Waals surface area contributed by atoms with Crippen LogP contribution in [0.25, 0.3) is 0 Å². The lowest BCUT2D eigenvalue weighted by molar-refractivity contribution is -0.139. The van der Waals surface area contributed by atoms with E-state index in [2.05, 4.69) is 21.2 Å². The fourth-order valence-corrected chi connectivity index (χ4v) is 5.88. The smallest absolute Gasteiger partial charge is 0.264 e. The number of carbonyl (C=O) groups excluding carboxylic acids is 2. The largest absolute Gasteiger partial charge is 0.494 e. The summed E-state index contributed by atoms with van der Waals surface area (Å²) in [5.74, 6) is -0.990. The highest BCUT2D eigenvalue weighted by molar-refractivity contribution is 9.10. The molecule has 0 unspecified atom stereocenters. The molecule has 0 aliphatic rings. The van der Waals surface area contributed by atoms with Gasteiger partial charge in [-0.15, -0.1) is 0 Å². The van der Waals surface area contributed by atoms with Crippen molar-refractivity contribution in [1.82, 2.24) is 10.2 Å². The zero-order valence-electron chi connectivity index (χ0n) is 23.5. The van der Waals surface area contributed by atoms with Crippen molar-refractivity contribution < 1.29 is 27.1 Å². The number of carbonyl (C=O) groups is 2. The number of nitrogens with one attached hydrogen (secondary N) is 1. The van der Waals surface area contributed by atoms with E-state index in [0.717, 1.165) is 38.6 Å². The molecule has 0 saturated carbocycles. The number of ether oxygens (including phenoxy) is 1. The van der Waals surface area contributed by atoms with Crippen LogP contribution in [0.15, 0.2) is 82.2 Å². The molecule has 3 aromatic rings. The number of anilines is 1. The highest BCUT2D eigenvalue weighted by atomic mass is 79.9. The molecule has 11 heteroatoms. The average molecular weight is 649 g/mol. The molecule has 0 bridgehead atoms. The zero-order valence-corrected chi connectivity index (χ0v) is 25.9. The molecule has 0 radical (unpaired) electrons. The minimum atomic E-state index is -4.30. The number of amides is 2. The van der Waals surface area contributed by atoms with Crippen molar-refractivity contribution >= 4 is 43.5 Å². The van der Waals surface area contributed by atoms with Crippen molar-refractivity contribution in [2.45, 2.75) is 57.6 Å². The first-order valence-corrected chi connectivity index (χ1v) is 15.5. The van der Waals surface area contributed by atoms with Crippen molar-refractivity contribution in [3.05, 3.63) is 88.6 Å². The Morgan fingerprint density at radius 1 is 1.00 bits per heavy atom. The lowest BCUT2D eigenvalue weighted by Gasteiger charge is -2.32. The van der Waals surface area contributed by atoms with E-state index in [1.165, 1.54) is 17.0 Å². The molecule has 0 spiro atoms. The van der Waals surface area contributed by atoms with Gasteiger partial charge in [0.1, 0.15) is 24.2 Å². The number of benzene rings is 3. The van der Waals surface area contributed by atoms with Gasteiger partial charge in [-0.25, -0.2) is 12.8 Å². The van der Waals surface area contributed by atoms with E-state index >= 15 is 0 Å². The van der Waals surface area contributed by atoms with Crippen LogP contribution in [-0.4, -0.2) is 50.4 Å². The second kappa shape index (κ2) is 14.5. The molecule has 41 heavy (non-hydrogen) atoms. The normalized spacial score (nSPS) is 12.7. The predicted octanol–water partition coefficient (Wildman–Crippen LogP) is 5.51. The number of halogens is 2. The Balaban J connectivity index is 2.03. The average Bonchev–Trinajstić information content (AvgIpc) is 2.95. The van der Waals surface area contributed by atoms with E-state index in [1.54, 1.807) is 19.1 Å². The maximum Gasteiger partial charge on any atom is 0.264 e. The fourth-order valence-electron chi connectivity index (χ4n) is 4.02. The lowest BCUT2D eigenvalue weighted by atomic mass is 10.1. The lowest BCUT2D eigenvalue weighted by Crippen LogP contribution is -2.52. The molecule has 3 rings (SSSR count). The molecule has 2 amide bonds. The van der Waals surface area contributed by atoms with Crippen LogP contribution in [0.1, 0.15) is 39.7 Å². The summed E-state index contributed by atoms with van der Waals surface area (Å²) in [5.41, 5.74) is 0.968. The zero-order chi connectivity index (χ0) is 30.2. The number of sulfonamides is 1. The van der Waals surface area contributed by atoms with Gasteiger partial charge in [-0.3, -0.25) is 13.9 Å². The molecule has 0 aliphatic carbocycles. The van der Waals surface area contributed by atoms with E-state index in [9.17, 15) is 22.4 Å². The van der Waals surface area contributed by atoms with E-state index in [1.807, 2.05) is 45.0 Å². The Kier molecular flexibility index (Phi) is 11.3. The Bertz CT molecular complexity index is 1440. The van der Waals surface area contributed by atoms with Gasteiger partial charge in [-0.1, -0.05) is 35.0 Å². The third-order valence-corrected chi connectivity index (χ3v) is 8.81. The highest BCUT2D eigenvalue weighted by Gasteiger charge is 2.33. The Labute approximate surface area is 249 Å². The maximum absolute atomic E-state index is 14.0. The van der Waals surface area contributed by atoms with Crippen molar-refractivity contribution in [2.24, 2.45) is 0 Å². The first kappa shape index (κ1) is 32.1. The maximum atomic E-state index is 14.0. The molecule has 0 heterocycles. The minimum Gasteiger partial charge on any atom is -0.494 e. The summed E-state index contributed by atoms with van der Waals surface area (Å²) in [4.78, 5) is 28.3. The topological polar surface area (TPSA) is 96.0 Å². The van der Waals surface area contributed by atoms with Crippen molar-refractivity contribution in [1.29, 1.82) is 0 Å². The van der Waals surface area contributed by atoms with E-state index in [-0.39, 0.29) is 29.1 Å². The number of nitrogens with zero attached hydrogens (tertiary/aromatic N) is 2. The standard InChI is InChI=1S/C30H35BrFN3O5S/c1-5-21(3)33-30(37)22(4)34(19-23-8-7-9-24(31)18-23)29(36)20-35(26-12-14-27(15-13-26)40-6-2)41(38,39)28-16-10-25(32)11-17-28/h7-18,21-22H,5-6,19-20H2,1-4H3,(H,33,37)/t21-,22-/m0/s1. The van der Waals surface area contributed by atoms with Crippen LogP contribution in [-0.2, 0) is 26.2 Å². The molecule has 8 nitrogen and oxygen atoms in total. The third-order valence-electron chi connectivity index (χ3n) is 6.53. The van der Waals surface area contributed by atoms with Gasteiger partial charge in [0.15, 0.2) is 0 Å². The van der Waals surface area contributed by atoms with Gasteiger partial charge in [-0.2, -0.15) is 0 Å². The van der Waals surface area contributed by atoms with Gasteiger partial charge in [0.2, 0.25) is 11.8 Å². The summed E-state index contributed by atoms with van der Waals surface area (Å²) in [7, 11) is -4.30. The molecule has 0 fully saturated rings. The molecule has 3 aromatic carbocycles. The van der Waals surface area contributed by atoms with Crippen molar-refractivity contribution in [2.75, 3.05) is 17.5 Å².